The van der Waals surface area contributed by atoms with Crippen LogP contribution in [0.2, 0.25) is 19.6 Å². The fourth-order valence-electron chi connectivity index (χ4n) is 2.35. The molecule has 1 amide bonds. The maximum Gasteiger partial charge on any atom is 0.413 e. The molecule has 1 unspecified atom stereocenters. The predicted molar refractivity (Wildman–Crippen MR) is 116 cm³/mol. The van der Waals surface area contributed by atoms with Crippen molar-refractivity contribution in [3.8, 4) is 17.3 Å². The Morgan fingerprint density at radius 2 is 1.94 bits per heavy atom. The van der Waals surface area contributed by atoms with Gasteiger partial charge < -0.3 is 19.1 Å². The zero-order valence-electron chi connectivity index (χ0n) is 19.3. The minimum Gasteiger partial charge on any atom is -0.481 e. The van der Waals surface area contributed by atoms with Crippen LogP contribution >= 0.6 is 0 Å². The molecule has 0 aliphatic heterocycles. The summed E-state index contributed by atoms with van der Waals surface area (Å²) in [5.74, 6) is -0.154. The molecule has 2 rings (SSSR count). The van der Waals surface area contributed by atoms with Crippen LogP contribution in [0.3, 0.4) is 0 Å². The molecule has 0 aliphatic carbocycles. The van der Waals surface area contributed by atoms with Crippen molar-refractivity contribution in [3.05, 3.63) is 5.89 Å². The number of carboxylic acids is 1. The second-order valence-electron chi connectivity index (χ2n) is 9.31. The number of anilines is 1. The first kappa shape index (κ1) is 24.4. The van der Waals surface area contributed by atoms with Crippen LogP contribution in [0.15, 0.2) is 4.52 Å². The highest BCUT2D eigenvalue weighted by Gasteiger charge is 2.31. The van der Waals surface area contributed by atoms with Crippen LogP contribution in [-0.4, -0.2) is 56.5 Å². The SMILES string of the molecule is CC(Oc1c(-c2noc(CCC(=O)O)n2)c(NC(=O)OC(C)(C)C)nn1C)[Si](C)(C)C. The number of ether oxygens (including phenoxy) is 2. The standard InChI is InChI=1S/C19H31N5O6Si/c1-11(31(6,7)8)28-17-14(16-20-12(30-23-16)9-10-13(25)26)15(22-24(17)5)21-18(27)29-19(2,3)4/h11H,9-10H2,1-8H3,(H,25,26)(H,21,22,27). The van der Waals surface area contributed by atoms with Crippen LogP contribution in [0.25, 0.3) is 11.4 Å². The molecule has 11 nitrogen and oxygen atoms in total. The van der Waals surface area contributed by atoms with E-state index in [0.717, 1.165) is 0 Å². The van der Waals surface area contributed by atoms with E-state index in [1.54, 1.807) is 27.8 Å². The Balaban J connectivity index is 2.45. The summed E-state index contributed by atoms with van der Waals surface area (Å²) in [7, 11) is 0.0123. The number of amides is 1. The van der Waals surface area contributed by atoms with Gasteiger partial charge in [-0.15, -0.1) is 0 Å². The molecule has 0 bridgehead atoms. The summed E-state index contributed by atoms with van der Waals surface area (Å²) in [5, 5.41) is 19.8. The van der Waals surface area contributed by atoms with Crippen LogP contribution in [0, 0.1) is 0 Å². The Labute approximate surface area is 182 Å². The molecule has 12 heteroatoms. The molecular formula is C19H31N5O6Si. The molecule has 0 spiro atoms. The summed E-state index contributed by atoms with van der Waals surface area (Å²) in [6.07, 6.45) is -0.752. The maximum absolute atomic E-state index is 12.4. The predicted octanol–water partition coefficient (Wildman–Crippen LogP) is 3.48. The third-order valence-electron chi connectivity index (χ3n) is 4.37. The number of hydrogen-bond donors (Lipinski definition) is 2. The quantitative estimate of drug-likeness (QED) is 0.574. The number of carboxylic acid groups (broad SMARTS) is 1. The van der Waals surface area contributed by atoms with Gasteiger partial charge in [-0.3, -0.25) is 10.1 Å². The molecule has 2 aromatic rings. The van der Waals surface area contributed by atoms with E-state index in [0.29, 0.717) is 11.4 Å². The maximum atomic E-state index is 12.4. The van der Waals surface area contributed by atoms with Crippen molar-refractivity contribution in [2.75, 3.05) is 5.32 Å². The number of carbonyl (C=O) groups excluding carboxylic acids is 1. The molecule has 0 aromatic carbocycles. The second kappa shape index (κ2) is 9.08. The van der Waals surface area contributed by atoms with Gasteiger partial charge in [0.1, 0.15) is 11.2 Å². The number of aryl methyl sites for hydroxylation is 2. The minimum absolute atomic E-state index is 0.0746. The lowest BCUT2D eigenvalue weighted by atomic mass is 10.2. The molecule has 172 valence electrons. The van der Waals surface area contributed by atoms with Gasteiger partial charge in [-0.2, -0.15) is 10.1 Å². The monoisotopic (exact) mass is 453 g/mol. The summed E-state index contributed by atoms with van der Waals surface area (Å²) in [6, 6.07) is 0. The number of aromatic nitrogens is 4. The number of rotatable bonds is 8. The Morgan fingerprint density at radius 3 is 2.48 bits per heavy atom. The largest absolute Gasteiger partial charge is 0.481 e. The fraction of sp³-hybridized carbons (Fsp3) is 0.632. The first-order valence-electron chi connectivity index (χ1n) is 9.96. The fourth-order valence-corrected chi connectivity index (χ4v) is 2.81. The van der Waals surface area contributed by atoms with Gasteiger partial charge in [0.05, 0.1) is 20.2 Å². The highest BCUT2D eigenvalue weighted by Crippen LogP contribution is 2.36. The smallest absolute Gasteiger partial charge is 0.413 e. The Hall–Kier alpha value is -2.89. The van der Waals surface area contributed by atoms with Crippen molar-refractivity contribution in [3.63, 3.8) is 0 Å². The van der Waals surface area contributed by atoms with Crippen LogP contribution in [0.1, 0.15) is 40.0 Å². The summed E-state index contributed by atoms with van der Waals surface area (Å²) in [6.45, 7) is 13.8. The topological polar surface area (TPSA) is 142 Å². The van der Waals surface area contributed by atoms with Crippen molar-refractivity contribution in [1.29, 1.82) is 0 Å². The van der Waals surface area contributed by atoms with Gasteiger partial charge in [0, 0.05) is 13.5 Å². The zero-order chi connectivity index (χ0) is 23.6. The molecule has 31 heavy (non-hydrogen) atoms. The van der Waals surface area contributed by atoms with Crippen molar-refractivity contribution in [1.82, 2.24) is 19.9 Å². The van der Waals surface area contributed by atoms with E-state index >= 15 is 0 Å². The normalized spacial score (nSPS) is 13.0. The molecule has 0 saturated carbocycles. The van der Waals surface area contributed by atoms with Gasteiger partial charge in [-0.05, 0) is 27.7 Å². The third-order valence-corrected chi connectivity index (χ3v) is 6.92. The molecule has 0 saturated heterocycles. The molecular weight excluding hydrogens is 422 g/mol. The van der Waals surface area contributed by atoms with E-state index in [1.807, 2.05) is 6.92 Å². The number of aliphatic carboxylic acids is 1. The Kier molecular flexibility index (Phi) is 7.14. The van der Waals surface area contributed by atoms with Crippen molar-refractivity contribution in [2.45, 2.75) is 71.5 Å². The Morgan fingerprint density at radius 1 is 1.29 bits per heavy atom. The van der Waals surface area contributed by atoms with E-state index in [-0.39, 0.29) is 36.1 Å². The average Bonchev–Trinajstić information content (AvgIpc) is 3.15. The van der Waals surface area contributed by atoms with E-state index in [1.165, 1.54) is 4.68 Å². The van der Waals surface area contributed by atoms with Crippen LogP contribution in [0.5, 0.6) is 5.88 Å². The summed E-state index contributed by atoms with van der Waals surface area (Å²) in [5.41, 5.74) is -0.431. The highest BCUT2D eigenvalue weighted by molar-refractivity contribution is 6.77. The number of nitrogens with one attached hydrogen (secondary N) is 1. The number of nitrogens with zero attached hydrogens (tertiary/aromatic N) is 4. The molecule has 0 radical (unpaired) electrons. The van der Waals surface area contributed by atoms with Gasteiger partial charge >= 0.3 is 12.1 Å². The van der Waals surface area contributed by atoms with Gasteiger partial charge in [0.2, 0.25) is 17.6 Å². The van der Waals surface area contributed by atoms with Crippen molar-refractivity contribution in [2.24, 2.45) is 7.05 Å². The Bertz CT molecular complexity index is 941. The second-order valence-corrected chi connectivity index (χ2v) is 14.9. The molecule has 2 N–H and O–H groups in total. The number of hydrogen-bond acceptors (Lipinski definition) is 8. The number of carbonyl (C=O) groups is 2. The van der Waals surface area contributed by atoms with Crippen LogP contribution in [-0.2, 0) is 23.0 Å². The van der Waals surface area contributed by atoms with Gasteiger partial charge in [-0.25, -0.2) is 9.48 Å². The van der Waals surface area contributed by atoms with Crippen LogP contribution in [0.4, 0.5) is 10.6 Å². The zero-order valence-corrected chi connectivity index (χ0v) is 20.3. The van der Waals surface area contributed by atoms with E-state index < -0.39 is 25.7 Å². The van der Waals surface area contributed by atoms with E-state index in [4.69, 9.17) is 19.1 Å². The summed E-state index contributed by atoms with van der Waals surface area (Å²) < 4.78 is 18.2. The van der Waals surface area contributed by atoms with Gasteiger partial charge in [-0.1, -0.05) is 24.8 Å². The summed E-state index contributed by atoms with van der Waals surface area (Å²) in [4.78, 5) is 27.5. The third kappa shape index (κ3) is 6.81. The first-order valence-corrected chi connectivity index (χ1v) is 13.5. The van der Waals surface area contributed by atoms with E-state index in [9.17, 15) is 9.59 Å². The summed E-state index contributed by atoms with van der Waals surface area (Å²) >= 11 is 0. The van der Waals surface area contributed by atoms with Crippen molar-refractivity contribution < 1.29 is 28.7 Å². The lowest BCUT2D eigenvalue weighted by molar-refractivity contribution is -0.137. The lowest BCUT2D eigenvalue weighted by Gasteiger charge is -2.26. The molecule has 0 aliphatic rings. The molecule has 0 fully saturated rings. The van der Waals surface area contributed by atoms with Gasteiger partial charge in [0.25, 0.3) is 0 Å². The molecule has 2 aromatic heterocycles. The minimum atomic E-state index is -1.67. The lowest BCUT2D eigenvalue weighted by Crippen LogP contribution is -2.40. The van der Waals surface area contributed by atoms with E-state index in [2.05, 4.69) is 40.2 Å². The highest BCUT2D eigenvalue weighted by atomic mass is 28.3. The van der Waals surface area contributed by atoms with Gasteiger partial charge in [0.15, 0.2) is 5.82 Å². The van der Waals surface area contributed by atoms with Crippen LogP contribution < -0.4 is 10.1 Å². The van der Waals surface area contributed by atoms with Crippen molar-refractivity contribution >= 4 is 26.0 Å². The average molecular weight is 454 g/mol. The first-order chi connectivity index (χ1) is 14.2. The molecule has 1 atom stereocenters. The molecule has 2 heterocycles.